The molecular weight excluding hydrogens is 305 g/mol. The lowest BCUT2D eigenvalue weighted by atomic mass is 10.3. The van der Waals surface area contributed by atoms with Crippen LogP contribution >= 0.6 is 27.5 Å². The first-order valence-corrected chi connectivity index (χ1v) is 6.36. The maximum absolute atomic E-state index is 6.07. The Kier molecular flexibility index (Phi) is 4.02. The second kappa shape index (κ2) is 5.51. The number of hydrogen-bond donors (Lipinski definition) is 1. The number of benzene rings is 1. The normalized spacial score (nSPS) is 10.5. The molecule has 0 aliphatic rings. The van der Waals surface area contributed by atoms with Gasteiger partial charge < -0.3 is 9.84 Å². The van der Waals surface area contributed by atoms with E-state index < -0.39 is 0 Å². The van der Waals surface area contributed by atoms with Gasteiger partial charge in [-0.1, -0.05) is 39.6 Å². The first-order valence-electron chi connectivity index (χ1n) is 5.19. The quantitative estimate of drug-likeness (QED) is 0.935. The third-order valence-electron chi connectivity index (χ3n) is 2.19. The van der Waals surface area contributed by atoms with E-state index in [0.717, 1.165) is 16.6 Å². The fourth-order valence-electron chi connectivity index (χ4n) is 1.31. The van der Waals surface area contributed by atoms with Crippen molar-refractivity contribution in [3.05, 3.63) is 39.4 Å². The summed E-state index contributed by atoms with van der Waals surface area (Å²) in [6.07, 6.45) is 0.766. The number of nitrogens with zero attached hydrogens (tertiary/aromatic N) is 2. The molecule has 0 saturated heterocycles. The van der Waals surface area contributed by atoms with Gasteiger partial charge in [0.15, 0.2) is 5.82 Å². The molecule has 17 heavy (non-hydrogen) atoms. The van der Waals surface area contributed by atoms with Crippen LogP contribution < -0.4 is 5.32 Å². The van der Waals surface area contributed by atoms with Crippen LogP contribution in [0, 0.1) is 0 Å². The maximum Gasteiger partial charge on any atom is 0.245 e. The highest BCUT2D eigenvalue weighted by atomic mass is 79.9. The zero-order chi connectivity index (χ0) is 12.3. The van der Waals surface area contributed by atoms with Crippen LogP contribution in [0.25, 0.3) is 0 Å². The molecule has 0 aliphatic carbocycles. The zero-order valence-corrected chi connectivity index (χ0v) is 11.5. The Morgan fingerprint density at radius 2 is 2.29 bits per heavy atom. The van der Waals surface area contributed by atoms with Crippen LogP contribution in [0.1, 0.15) is 18.6 Å². The summed E-state index contributed by atoms with van der Waals surface area (Å²) in [4.78, 5) is 4.20. The van der Waals surface area contributed by atoms with Crippen molar-refractivity contribution >= 4 is 33.2 Å². The van der Waals surface area contributed by atoms with Crippen molar-refractivity contribution in [2.75, 3.05) is 5.32 Å². The van der Waals surface area contributed by atoms with Crippen LogP contribution in [0.5, 0.6) is 0 Å². The smallest absolute Gasteiger partial charge is 0.245 e. The van der Waals surface area contributed by atoms with Crippen molar-refractivity contribution in [1.29, 1.82) is 0 Å². The van der Waals surface area contributed by atoms with E-state index in [9.17, 15) is 0 Å². The topological polar surface area (TPSA) is 51.0 Å². The zero-order valence-electron chi connectivity index (χ0n) is 9.20. The van der Waals surface area contributed by atoms with E-state index in [4.69, 9.17) is 16.1 Å². The third-order valence-corrected chi connectivity index (χ3v) is 2.99. The maximum atomic E-state index is 6.07. The van der Waals surface area contributed by atoms with Gasteiger partial charge in [0.25, 0.3) is 0 Å². The van der Waals surface area contributed by atoms with E-state index >= 15 is 0 Å². The molecule has 0 radical (unpaired) electrons. The van der Waals surface area contributed by atoms with E-state index in [2.05, 4.69) is 31.4 Å². The third kappa shape index (κ3) is 3.20. The van der Waals surface area contributed by atoms with Crippen molar-refractivity contribution in [3.63, 3.8) is 0 Å². The van der Waals surface area contributed by atoms with Crippen LogP contribution in [-0.2, 0) is 13.0 Å². The van der Waals surface area contributed by atoms with Gasteiger partial charge in [-0.2, -0.15) is 4.98 Å². The van der Waals surface area contributed by atoms with Gasteiger partial charge in [-0.3, -0.25) is 0 Å². The Bertz CT molecular complexity index is 515. The van der Waals surface area contributed by atoms with Crippen LogP contribution in [0.2, 0.25) is 5.02 Å². The second-order valence-corrected chi connectivity index (χ2v) is 4.76. The van der Waals surface area contributed by atoms with E-state index in [-0.39, 0.29) is 0 Å². The fraction of sp³-hybridized carbons (Fsp3) is 0.273. The Hall–Kier alpha value is -1.07. The van der Waals surface area contributed by atoms with Crippen molar-refractivity contribution in [2.24, 2.45) is 0 Å². The lowest BCUT2D eigenvalue weighted by Gasteiger charge is -2.05. The minimum Gasteiger partial charge on any atom is -0.375 e. The Balaban J connectivity index is 2.02. The van der Waals surface area contributed by atoms with Gasteiger partial charge in [-0.25, -0.2) is 0 Å². The number of anilines is 1. The summed E-state index contributed by atoms with van der Waals surface area (Å²) in [5, 5.41) is 7.61. The van der Waals surface area contributed by atoms with Gasteiger partial charge in [0.1, 0.15) is 0 Å². The van der Waals surface area contributed by atoms with Crippen LogP contribution in [-0.4, -0.2) is 10.1 Å². The molecule has 90 valence electrons. The van der Waals surface area contributed by atoms with Gasteiger partial charge in [-0.05, 0) is 18.2 Å². The molecular formula is C11H11BrClN3O. The van der Waals surface area contributed by atoms with Crippen molar-refractivity contribution in [3.8, 4) is 0 Å². The average molecular weight is 317 g/mol. The van der Waals surface area contributed by atoms with Gasteiger partial charge in [-0.15, -0.1) is 0 Å². The van der Waals surface area contributed by atoms with Crippen molar-refractivity contribution < 1.29 is 4.52 Å². The van der Waals surface area contributed by atoms with Gasteiger partial charge in [0.2, 0.25) is 5.89 Å². The highest BCUT2D eigenvalue weighted by Gasteiger charge is 2.05. The van der Waals surface area contributed by atoms with E-state index in [1.54, 1.807) is 0 Å². The highest BCUT2D eigenvalue weighted by molar-refractivity contribution is 9.10. The molecule has 1 heterocycles. The second-order valence-electron chi connectivity index (χ2n) is 3.44. The van der Waals surface area contributed by atoms with Crippen molar-refractivity contribution in [1.82, 2.24) is 10.1 Å². The molecule has 0 bridgehead atoms. The number of nitrogens with one attached hydrogen (secondary N) is 1. The van der Waals surface area contributed by atoms with Gasteiger partial charge in [0.05, 0.1) is 17.3 Å². The SMILES string of the molecule is CCc1noc(CNc2ccc(Br)cc2Cl)n1. The summed E-state index contributed by atoms with van der Waals surface area (Å²) >= 11 is 9.42. The Morgan fingerprint density at radius 3 is 2.94 bits per heavy atom. The number of aryl methyl sites for hydroxylation is 1. The van der Waals surface area contributed by atoms with Gasteiger partial charge >= 0.3 is 0 Å². The minimum absolute atomic E-state index is 0.467. The first kappa shape index (κ1) is 12.4. The number of hydrogen-bond acceptors (Lipinski definition) is 4. The molecule has 1 N–H and O–H groups in total. The van der Waals surface area contributed by atoms with Crippen molar-refractivity contribution in [2.45, 2.75) is 19.9 Å². The monoisotopic (exact) mass is 315 g/mol. The molecule has 0 atom stereocenters. The first-order chi connectivity index (χ1) is 8.19. The summed E-state index contributed by atoms with van der Waals surface area (Å²) in [5.41, 5.74) is 0.839. The predicted molar refractivity (Wildman–Crippen MR) is 70.2 cm³/mol. The van der Waals surface area contributed by atoms with Crippen LogP contribution in [0.15, 0.2) is 27.2 Å². The largest absolute Gasteiger partial charge is 0.375 e. The standard InChI is InChI=1S/C11H11BrClN3O/c1-2-10-15-11(17-16-10)6-14-9-4-3-7(12)5-8(9)13/h3-5,14H,2,6H2,1H3. The highest BCUT2D eigenvalue weighted by Crippen LogP contribution is 2.25. The number of aromatic nitrogens is 2. The predicted octanol–water partition coefficient (Wildman–Crippen LogP) is 3.66. The molecule has 0 unspecified atom stereocenters. The molecule has 0 saturated carbocycles. The van der Waals surface area contributed by atoms with E-state index in [1.807, 2.05) is 25.1 Å². The molecule has 0 fully saturated rings. The summed E-state index contributed by atoms with van der Waals surface area (Å²) in [5.74, 6) is 1.27. The average Bonchev–Trinajstić information content (AvgIpc) is 2.76. The molecule has 6 heteroatoms. The molecule has 2 rings (SSSR count). The molecule has 1 aromatic heterocycles. The van der Waals surface area contributed by atoms with E-state index in [0.29, 0.717) is 23.3 Å². The Labute approximate surface area is 112 Å². The lowest BCUT2D eigenvalue weighted by Crippen LogP contribution is -2.00. The summed E-state index contributed by atoms with van der Waals surface area (Å²) < 4.78 is 6.01. The summed E-state index contributed by atoms with van der Waals surface area (Å²) in [7, 11) is 0. The number of rotatable bonds is 4. The fourth-order valence-corrected chi connectivity index (χ4v) is 2.05. The van der Waals surface area contributed by atoms with E-state index in [1.165, 1.54) is 0 Å². The lowest BCUT2D eigenvalue weighted by molar-refractivity contribution is 0.378. The van der Waals surface area contributed by atoms with Crippen LogP contribution in [0.4, 0.5) is 5.69 Å². The molecule has 0 spiro atoms. The minimum atomic E-state index is 0.467. The summed E-state index contributed by atoms with van der Waals surface area (Å²) in [6, 6.07) is 5.64. The van der Waals surface area contributed by atoms with Crippen LogP contribution in [0.3, 0.4) is 0 Å². The molecule has 2 aromatic rings. The molecule has 0 amide bonds. The van der Waals surface area contributed by atoms with Gasteiger partial charge in [0, 0.05) is 10.9 Å². The molecule has 4 nitrogen and oxygen atoms in total. The Morgan fingerprint density at radius 1 is 1.47 bits per heavy atom. The summed E-state index contributed by atoms with van der Waals surface area (Å²) in [6.45, 7) is 2.45. The number of halogens is 2. The molecule has 0 aliphatic heterocycles. The molecule has 1 aromatic carbocycles.